The van der Waals surface area contributed by atoms with Crippen molar-refractivity contribution in [2.45, 2.75) is 57.1 Å². The Morgan fingerprint density at radius 2 is 1.74 bits per heavy atom. The van der Waals surface area contributed by atoms with Gasteiger partial charge in [-0.15, -0.1) is 0 Å². The molecular formula is C19H32N4O11. The first kappa shape index (κ1) is 30.9. The van der Waals surface area contributed by atoms with Crippen molar-refractivity contribution in [1.29, 1.82) is 0 Å². The number of aldehydes is 1. The number of carboxylic acid groups (broad SMARTS) is 1. The van der Waals surface area contributed by atoms with E-state index in [1.165, 1.54) is 6.92 Å². The maximum Gasteiger partial charge on any atom is 0.303 e. The number of carboxylic acids is 1. The summed E-state index contributed by atoms with van der Waals surface area (Å²) in [4.78, 5) is 68.9. The number of ether oxygens (including phenoxy) is 1. The fourth-order valence-electron chi connectivity index (χ4n) is 2.71. The molecule has 0 saturated carbocycles. The number of hydrogen-bond donors (Lipinski definition) is 8. The zero-order chi connectivity index (χ0) is 26.4. The molecule has 0 aromatic heterocycles. The van der Waals surface area contributed by atoms with Gasteiger partial charge < -0.3 is 51.6 Å². The van der Waals surface area contributed by atoms with Crippen LogP contribution in [-0.4, -0.2) is 106 Å². The summed E-state index contributed by atoms with van der Waals surface area (Å²) >= 11 is 0. The van der Waals surface area contributed by atoms with E-state index in [2.05, 4.69) is 16.0 Å². The van der Waals surface area contributed by atoms with Crippen LogP contribution in [0.3, 0.4) is 0 Å². The van der Waals surface area contributed by atoms with E-state index < -0.39 is 79.1 Å². The maximum absolute atomic E-state index is 12.2. The molecule has 15 heteroatoms. The summed E-state index contributed by atoms with van der Waals surface area (Å²) in [5.74, 6) is -5.12. The van der Waals surface area contributed by atoms with Crippen LogP contribution in [0.15, 0.2) is 0 Å². The molecule has 0 aliphatic carbocycles. The van der Waals surface area contributed by atoms with Gasteiger partial charge in [0.1, 0.15) is 43.3 Å². The number of hydrogen-bond acceptors (Lipinski definition) is 10. The fraction of sp³-hybridized carbons (Fsp3) is 0.684. The normalized spacial score (nSPS) is 16.1. The van der Waals surface area contributed by atoms with E-state index in [0.717, 1.165) is 6.92 Å². The number of carbonyl (C=O) groups excluding carboxylic acids is 5. The topological polar surface area (TPSA) is 255 Å². The maximum atomic E-state index is 12.2. The van der Waals surface area contributed by atoms with Crippen LogP contribution in [0, 0.1) is 5.92 Å². The molecule has 0 aliphatic heterocycles. The highest BCUT2D eigenvalue weighted by Crippen LogP contribution is 2.09. The Morgan fingerprint density at radius 1 is 1.12 bits per heavy atom. The molecule has 0 aromatic carbocycles. The first-order valence-corrected chi connectivity index (χ1v) is 10.2. The van der Waals surface area contributed by atoms with Crippen LogP contribution < -0.4 is 21.7 Å². The fourth-order valence-corrected chi connectivity index (χ4v) is 2.71. The summed E-state index contributed by atoms with van der Waals surface area (Å²) in [5, 5.41) is 44.2. The van der Waals surface area contributed by atoms with Gasteiger partial charge in [0.25, 0.3) is 0 Å². The Balaban J connectivity index is 4.94. The predicted molar refractivity (Wildman–Crippen MR) is 113 cm³/mol. The minimum atomic E-state index is -1.85. The Labute approximate surface area is 195 Å². The Kier molecular flexibility index (Phi) is 14.2. The molecule has 0 aromatic rings. The summed E-state index contributed by atoms with van der Waals surface area (Å²) in [6, 6.07) is -2.59. The SMILES string of the molecule is CC(=O)N[C@@H](C=O)[C@@H](OCC(=O)NC(C)C(=O)NCC(CCC(=O)O)C(N)=O)[C@H](O)[C@H](O)CO. The lowest BCUT2D eigenvalue weighted by Gasteiger charge is -2.30. The van der Waals surface area contributed by atoms with Crippen molar-refractivity contribution in [3.05, 3.63) is 0 Å². The van der Waals surface area contributed by atoms with Crippen LogP contribution in [0.5, 0.6) is 0 Å². The van der Waals surface area contributed by atoms with Crippen molar-refractivity contribution in [2.24, 2.45) is 11.7 Å². The van der Waals surface area contributed by atoms with E-state index in [1.807, 2.05) is 0 Å². The Hall–Kier alpha value is -3.14. The van der Waals surface area contributed by atoms with Gasteiger partial charge in [0.2, 0.25) is 23.6 Å². The first-order chi connectivity index (χ1) is 15.8. The molecule has 0 radical (unpaired) electrons. The molecule has 6 atom stereocenters. The molecule has 2 unspecified atom stereocenters. The van der Waals surface area contributed by atoms with Crippen molar-refractivity contribution < 1.29 is 53.9 Å². The predicted octanol–water partition coefficient (Wildman–Crippen LogP) is -4.62. The number of nitrogens with two attached hydrogens (primary N) is 1. The monoisotopic (exact) mass is 492 g/mol. The zero-order valence-electron chi connectivity index (χ0n) is 18.8. The number of aliphatic carboxylic acids is 1. The van der Waals surface area contributed by atoms with Gasteiger partial charge in [-0.3, -0.25) is 24.0 Å². The van der Waals surface area contributed by atoms with E-state index in [0.29, 0.717) is 0 Å². The minimum absolute atomic E-state index is 0.0882. The van der Waals surface area contributed by atoms with Crippen molar-refractivity contribution >= 4 is 35.9 Å². The summed E-state index contributed by atoms with van der Waals surface area (Å²) in [6.07, 6.45) is -5.40. The molecular weight excluding hydrogens is 460 g/mol. The summed E-state index contributed by atoms with van der Waals surface area (Å²) < 4.78 is 5.18. The second kappa shape index (κ2) is 15.7. The van der Waals surface area contributed by atoms with Crippen LogP contribution in [0.25, 0.3) is 0 Å². The average molecular weight is 492 g/mol. The summed E-state index contributed by atoms with van der Waals surface area (Å²) in [5.41, 5.74) is 5.18. The van der Waals surface area contributed by atoms with Gasteiger partial charge in [-0.05, 0) is 13.3 Å². The van der Waals surface area contributed by atoms with Crippen LogP contribution in [0.2, 0.25) is 0 Å². The lowest BCUT2D eigenvalue weighted by atomic mass is 10.0. The van der Waals surface area contributed by atoms with Crippen molar-refractivity contribution in [3.8, 4) is 0 Å². The average Bonchev–Trinajstić information content (AvgIpc) is 2.76. The third kappa shape index (κ3) is 11.6. The molecule has 0 heterocycles. The molecule has 34 heavy (non-hydrogen) atoms. The number of aliphatic hydroxyl groups is 3. The zero-order valence-corrected chi connectivity index (χ0v) is 18.8. The number of amides is 4. The molecule has 0 bridgehead atoms. The minimum Gasteiger partial charge on any atom is -0.481 e. The molecule has 4 amide bonds. The third-order valence-electron chi connectivity index (χ3n) is 4.60. The standard InChI is InChI=1S/C19H32N4O11/c1-9(19(33)21-5-11(18(20)32)3-4-15(29)30)22-14(28)8-34-17(16(31)13(27)7-25)12(6-24)23-10(2)26/h6,9,11-13,16-17,25,27,31H,3-5,7-8H2,1-2H3,(H2,20,32)(H,21,33)(H,22,28)(H,23,26)(H,29,30)/t9?,11?,12-,13+,16+,17+/m0/s1. The smallest absolute Gasteiger partial charge is 0.303 e. The largest absolute Gasteiger partial charge is 0.481 e. The second-order valence-electron chi connectivity index (χ2n) is 7.44. The second-order valence-corrected chi connectivity index (χ2v) is 7.44. The highest BCUT2D eigenvalue weighted by Gasteiger charge is 2.35. The number of primary amides is 1. The van der Waals surface area contributed by atoms with Crippen LogP contribution in [-0.2, 0) is 33.5 Å². The van der Waals surface area contributed by atoms with Gasteiger partial charge in [0.15, 0.2) is 0 Å². The number of carbonyl (C=O) groups is 6. The third-order valence-corrected chi connectivity index (χ3v) is 4.60. The lowest BCUT2D eigenvalue weighted by Crippen LogP contribution is -2.55. The van der Waals surface area contributed by atoms with Crippen LogP contribution >= 0.6 is 0 Å². The van der Waals surface area contributed by atoms with Gasteiger partial charge in [0.05, 0.1) is 12.5 Å². The van der Waals surface area contributed by atoms with Gasteiger partial charge in [0, 0.05) is 19.9 Å². The number of rotatable bonds is 17. The van der Waals surface area contributed by atoms with E-state index in [-0.39, 0.29) is 25.7 Å². The van der Waals surface area contributed by atoms with E-state index >= 15 is 0 Å². The number of aliphatic hydroxyl groups excluding tert-OH is 3. The van der Waals surface area contributed by atoms with Gasteiger partial charge >= 0.3 is 5.97 Å². The first-order valence-electron chi connectivity index (χ1n) is 10.2. The van der Waals surface area contributed by atoms with Gasteiger partial charge in [-0.2, -0.15) is 0 Å². The molecule has 0 fully saturated rings. The molecule has 0 saturated heterocycles. The Bertz CT molecular complexity index is 733. The summed E-state index contributed by atoms with van der Waals surface area (Å²) in [6.45, 7) is 0.443. The number of nitrogens with one attached hydrogen (secondary N) is 3. The summed E-state index contributed by atoms with van der Waals surface area (Å²) in [7, 11) is 0. The van der Waals surface area contributed by atoms with Crippen molar-refractivity contribution in [3.63, 3.8) is 0 Å². The van der Waals surface area contributed by atoms with E-state index in [9.17, 15) is 39.0 Å². The van der Waals surface area contributed by atoms with Crippen LogP contribution in [0.1, 0.15) is 26.7 Å². The highest BCUT2D eigenvalue weighted by atomic mass is 16.5. The van der Waals surface area contributed by atoms with E-state index in [4.69, 9.17) is 20.7 Å². The quantitative estimate of drug-likeness (QED) is 0.0896. The molecule has 194 valence electrons. The highest BCUT2D eigenvalue weighted by molar-refractivity contribution is 5.88. The van der Waals surface area contributed by atoms with Crippen molar-refractivity contribution in [1.82, 2.24) is 16.0 Å². The Morgan fingerprint density at radius 3 is 2.21 bits per heavy atom. The van der Waals surface area contributed by atoms with Gasteiger partial charge in [-0.1, -0.05) is 0 Å². The molecule has 0 rings (SSSR count). The molecule has 15 nitrogen and oxygen atoms in total. The van der Waals surface area contributed by atoms with Crippen molar-refractivity contribution in [2.75, 3.05) is 19.8 Å². The van der Waals surface area contributed by atoms with E-state index in [1.54, 1.807) is 0 Å². The molecule has 0 aliphatic rings. The molecule has 9 N–H and O–H groups in total. The lowest BCUT2D eigenvalue weighted by molar-refractivity contribution is -0.146. The van der Waals surface area contributed by atoms with Gasteiger partial charge in [-0.25, -0.2) is 0 Å². The molecule has 0 spiro atoms. The van der Waals surface area contributed by atoms with Crippen LogP contribution in [0.4, 0.5) is 0 Å².